The molecule has 0 atom stereocenters. The van der Waals surface area contributed by atoms with Crippen LogP contribution in [0.2, 0.25) is 0 Å². The van der Waals surface area contributed by atoms with Gasteiger partial charge in [-0.3, -0.25) is 14.1 Å². The first-order chi connectivity index (χ1) is 17.1. The molecule has 0 unspecified atom stereocenters. The van der Waals surface area contributed by atoms with E-state index in [4.69, 9.17) is 9.15 Å². The van der Waals surface area contributed by atoms with Crippen LogP contribution in [0, 0.1) is 0 Å². The van der Waals surface area contributed by atoms with Crippen LogP contribution in [0.4, 0.5) is 13.6 Å². The summed E-state index contributed by atoms with van der Waals surface area (Å²) in [5, 5.41) is 6.94. The van der Waals surface area contributed by atoms with Gasteiger partial charge in [0.1, 0.15) is 5.60 Å². The van der Waals surface area contributed by atoms with E-state index in [2.05, 4.69) is 15.2 Å². The van der Waals surface area contributed by atoms with Gasteiger partial charge in [0, 0.05) is 19.3 Å². The summed E-state index contributed by atoms with van der Waals surface area (Å²) >= 11 is 0. The summed E-state index contributed by atoms with van der Waals surface area (Å²) in [6.45, 7) is 6.37. The van der Waals surface area contributed by atoms with Crippen molar-refractivity contribution in [1.82, 2.24) is 29.2 Å². The van der Waals surface area contributed by atoms with Gasteiger partial charge >= 0.3 is 18.2 Å². The Kier molecular flexibility index (Phi) is 5.81. The number of carbonyl (C=O) groups is 1. The van der Waals surface area contributed by atoms with Crippen LogP contribution in [0.3, 0.4) is 0 Å². The van der Waals surface area contributed by atoms with Gasteiger partial charge in [-0.05, 0) is 45.0 Å². The van der Waals surface area contributed by atoms with Crippen LogP contribution in [0.25, 0.3) is 22.5 Å². The average Bonchev–Trinajstić information content (AvgIpc) is 3.38. The molecule has 12 heteroatoms. The lowest BCUT2D eigenvalue weighted by molar-refractivity contribution is 0.00108. The Hall–Kier alpha value is -4.09. The van der Waals surface area contributed by atoms with Crippen molar-refractivity contribution in [2.75, 3.05) is 13.1 Å². The number of rotatable bonds is 5. The number of imidazole rings is 1. The van der Waals surface area contributed by atoms with Crippen molar-refractivity contribution < 1.29 is 22.7 Å². The Morgan fingerprint density at radius 3 is 2.47 bits per heavy atom. The molecule has 0 bridgehead atoms. The summed E-state index contributed by atoms with van der Waals surface area (Å²) in [7, 11) is 0. The number of halogens is 2. The molecule has 1 aliphatic rings. The minimum absolute atomic E-state index is 0.0577. The molecule has 36 heavy (non-hydrogen) atoms. The van der Waals surface area contributed by atoms with E-state index in [1.54, 1.807) is 26.2 Å². The highest BCUT2D eigenvalue weighted by atomic mass is 19.3. The van der Waals surface area contributed by atoms with E-state index < -0.39 is 24.0 Å². The molecule has 0 N–H and O–H groups in total. The highest BCUT2D eigenvalue weighted by molar-refractivity contribution is 5.77. The number of hydrogen-bond acceptors (Lipinski definition) is 7. The van der Waals surface area contributed by atoms with E-state index in [1.165, 1.54) is 6.20 Å². The largest absolute Gasteiger partial charge is 0.444 e. The van der Waals surface area contributed by atoms with Gasteiger partial charge in [0.2, 0.25) is 5.89 Å². The smallest absolute Gasteiger partial charge is 0.410 e. The zero-order valence-corrected chi connectivity index (χ0v) is 19.9. The van der Waals surface area contributed by atoms with Crippen LogP contribution >= 0.6 is 0 Å². The molecule has 1 saturated heterocycles. The quantitative estimate of drug-likeness (QED) is 0.409. The number of likely N-dealkylation sites (tertiary alicyclic amines) is 1. The minimum atomic E-state index is -2.85. The lowest BCUT2D eigenvalue weighted by atomic mass is 10.1. The second kappa shape index (κ2) is 8.85. The van der Waals surface area contributed by atoms with E-state index >= 15 is 0 Å². The maximum absolute atomic E-state index is 13.4. The molecule has 5 rings (SSSR count). The van der Waals surface area contributed by atoms with Gasteiger partial charge < -0.3 is 14.1 Å². The number of pyridine rings is 1. The summed E-state index contributed by atoms with van der Waals surface area (Å²) in [6, 6.07) is 10.6. The number of nitrogens with zero attached hydrogens (tertiary/aromatic N) is 6. The van der Waals surface area contributed by atoms with Gasteiger partial charge in [0.25, 0.3) is 5.89 Å². The Morgan fingerprint density at radius 2 is 1.86 bits per heavy atom. The summed E-state index contributed by atoms with van der Waals surface area (Å²) in [4.78, 5) is 31.7. The number of fused-ring (bicyclic) bond motifs is 1. The zero-order chi connectivity index (χ0) is 25.6. The topological polar surface area (TPSA) is 108 Å². The number of aromatic nitrogens is 5. The number of alkyl halides is 2. The Labute approximate surface area is 204 Å². The highest BCUT2D eigenvalue weighted by Gasteiger charge is 2.36. The van der Waals surface area contributed by atoms with Crippen molar-refractivity contribution in [3.63, 3.8) is 0 Å². The first-order valence-electron chi connectivity index (χ1n) is 11.4. The maximum Gasteiger partial charge on any atom is 0.410 e. The molecule has 1 aliphatic heterocycles. The zero-order valence-electron chi connectivity index (χ0n) is 19.9. The first kappa shape index (κ1) is 23.6. The molecule has 0 spiro atoms. The van der Waals surface area contributed by atoms with Gasteiger partial charge in [0.05, 0.1) is 34.9 Å². The Balaban J connectivity index is 1.37. The number of hydrogen-bond donors (Lipinski definition) is 0. The number of ether oxygens (including phenoxy) is 1. The molecule has 10 nitrogen and oxygen atoms in total. The van der Waals surface area contributed by atoms with Crippen molar-refractivity contribution in [2.45, 2.75) is 45.4 Å². The number of amides is 1. The number of para-hydroxylation sites is 2. The van der Waals surface area contributed by atoms with Crippen molar-refractivity contribution in [1.29, 1.82) is 0 Å². The van der Waals surface area contributed by atoms with E-state index in [0.29, 0.717) is 24.3 Å². The minimum Gasteiger partial charge on any atom is -0.444 e. The molecule has 4 heterocycles. The second-order valence-electron chi connectivity index (χ2n) is 9.55. The molecule has 4 aromatic rings. The summed E-state index contributed by atoms with van der Waals surface area (Å²) in [5.41, 5.74) is 1.67. The van der Waals surface area contributed by atoms with E-state index in [1.807, 2.05) is 45.0 Å². The predicted octanol–water partition coefficient (Wildman–Crippen LogP) is 4.03. The molecular weight excluding hydrogens is 474 g/mol. The van der Waals surface area contributed by atoms with Gasteiger partial charge in [0.15, 0.2) is 0 Å². The summed E-state index contributed by atoms with van der Waals surface area (Å²) in [6.07, 6.45) is -1.82. The SMILES string of the molecule is CC(C)(C)OC(=O)N1CC(n2c(=O)n(Cc3ccc(-c4nnc(C(F)F)o4)cn3)c3ccccc32)C1. The summed E-state index contributed by atoms with van der Waals surface area (Å²) < 4.78 is 39.1. The molecule has 188 valence electrons. The maximum atomic E-state index is 13.4. The highest BCUT2D eigenvalue weighted by Crippen LogP contribution is 2.27. The average molecular weight is 498 g/mol. The van der Waals surface area contributed by atoms with E-state index in [0.717, 1.165) is 11.0 Å². The molecule has 0 aliphatic carbocycles. The van der Waals surface area contributed by atoms with Crippen LogP contribution in [-0.4, -0.2) is 54.0 Å². The molecular formula is C24H24F2N6O4. The van der Waals surface area contributed by atoms with Gasteiger partial charge in [-0.2, -0.15) is 8.78 Å². The van der Waals surface area contributed by atoms with Gasteiger partial charge in [-0.1, -0.05) is 12.1 Å². The fraction of sp³-hybridized carbons (Fsp3) is 0.375. The second-order valence-corrected chi connectivity index (χ2v) is 9.55. The molecule has 3 aromatic heterocycles. The molecule has 1 aromatic carbocycles. The molecule has 1 amide bonds. The van der Waals surface area contributed by atoms with Crippen molar-refractivity contribution >= 4 is 17.1 Å². The van der Waals surface area contributed by atoms with Crippen molar-refractivity contribution in [2.24, 2.45) is 0 Å². The van der Waals surface area contributed by atoms with E-state index in [9.17, 15) is 18.4 Å². The molecule has 1 fully saturated rings. The monoisotopic (exact) mass is 498 g/mol. The lowest BCUT2D eigenvalue weighted by Crippen LogP contribution is -2.54. The van der Waals surface area contributed by atoms with Crippen LogP contribution in [-0.2, 0) is 11.3 Å². The number of carbonyl (C=O) groups excluding carboxylic acids is 1. The van der Waals surface area contributed by atoms with Crippen LogP contribution in [0.5, 0.6) is 0 Å². The van der Waals surface area contributed by atoms with Gasteiger partial charge in [-0.15, -0.1) is 10.2 Å². The van der Waals surface area contributed by atoms with E-state index in [-0.39, 0.29) is 24.2 Å². The molecule has 0 saturated carbocycles. The number of benzene rings is 1. The van der Waals surface area contributed by atoms with Crippen LogP contribution < -0.4 is 5.69 Å². The third kappa shape index (κ3) is 4.45. The van der Waals surface area contributed by atoms with Gasteiger partial charge in [-0.25, -0.2) is 9.59 Å². The summed E-state index contributed by atoms with van der Waals surface area (Å²) in [5.74, 6) is -0.813. The van der Waals surface area contributed by atoms with Crippen LogP contribution in [0.15, 0.2) is 51.8 Å². The third-order valence-electron chi connectivity index (χ3n) is 5.77. The first-order valence-corrected chi connectivity index (χ1v) is 11.4. The lowest BCUT2D eigenvalue weighted by Gasteiger charge is -2.40. The fourth-order valence-corrected chi connectivity index (χ4v) is 4.08. The van der Waals surface area contributed by atoms with Crippen molar-refractivity contribution in [3.05, 3.63) is 64.7 Å². The molecule has 0 radical (unpaired) electrons. The normalized spacial score (nSPS) is 14.4. The third-order valence-corrected chi connectivity index (χ3v) is 5.77. The van der Waals surface area contributed by atoms with Crippen LogP contribution in [0.1, 0.15) is 44.8 Å². The Morgan fingerprint density at radius 1 is 1.14 bits per heavy atom. The Bertz CT molecular complexity index is 1460. The predicted molar refractivity (Wildman–Crippen MR) is 125 cm³/mol. The standard InChI is InChI=1S/C24H24F2N6O4/c1-24(2,3)36-23(34)30-12-16(13-30)32-18-7-5-4-6-17(18)31(22(32)33)11-15-9-8-14(10-27-15)20-28-29-21(35-20)19(25)26/h4-10,16,19H,11-13H2,1-3H3. The fourth-order valence-electron chi connectivity index (χ4n) is 4.08. The van der Waals surface area contributed by atoms with Crippen molar-refractivity contribution in [3.8, 4) is 11.5 Å².